The quantitative estimate of drug-likeness (QED) is 0.791. The molecule has 0 radical (unpaired) electrons. The maximum atomic E-state index is 6.25. The second kappa shape index (κ2) is 4.87. The summed E-state index contributed by atoms with van der Waals surface area (Å²) in [4.78, 5) is 9.23. The van der Waals surface area contributed by atoms with Crippen molar-refractivity contribution in [1.29, 1.82) is 0 Å². The number of hydrogen-bond acceptors (Lipinski definition) is 3. The van der Waals surface area contributed by atoms with Gasteiger partial charge in [0, 0.05) is 31.4 Å². The van der Waals surface area contributed by atoms with E-state index in [-0.39, 0.29) is 0 Å². The number of likely N-dealkylation sites (N-methyl/N-ethyl adjacent to an activating group) is 1. The van der Waals surface area contributed by atoms with Gasteiger partial charge >= 0.3 is 0 Å². The number of anilines is 1. The van der Waals surface area contributed by atoms with E-state index in [9.17, 15) is 0 Å². The monoisotopic (exact) mass is 285 g/mol. The molecule has 1 aromatic rings. The fraction of sp³-hybridized carbons (Fsp3) is 0.615. The van der Waals surface area contributed by atoms with E-state index < -0.39 is 0 Å². The van der Waals surface area contributed by atoms with E-state index in [1.54, 1.807) is 12.3 Å². The number of piperazine rings is 1. The molecule has 0 amide bonds. The minimum Gasteiger partial charge on any atom is -0.352 e. The summed E-state index contributed by atoms with van der Waals surface area (Å²) in [5.41, 5.74) is 0. The number of rotatable bonds is 1. The van der Waals surface area contributed by atoms with E-state index in [0.717, 1.165) is 18.9 Å². The maximum absolute atomic E-state index is 6.25. The number of nitrogens with zero attached hydrogens (tertiary/aromatic N) is 3. The molecule has 0 aromatic carbocycles. The van der Waals surface area contributed by atoms with Crippen LogP contribution in [0.3, 0.4) is 0 Å². The van der Waals surface area contributed by atoms with Crippen LogP contribution in [0.25, 0.3) is 0 Å². The largest absolute Gasteiger partial charge is 0.352 e. The Bertz CT molecular complexity index is 438. The first-order valence-electron chi connectivity index (χ1n) is 6.43. The third kappa shape index (κ3) is 2.20. The van der Waals surface area contributed by atoms with Gasteiger partial charge < -0.3 is 4.90 Å². The lowest BCUT2D eigenvalue weighted by Gasteiger charge is -2.49. The van der Waals surface area contributed by atoms with Crippen LogP contribution in [-0.4, -0.2) is 42.1 Å². The highest BCUT2D eigenvalue weighted by Gasteiger charge is 2.35. The molecule has 2 unspecified atom stereocenters. The van der Waals surface area contributed by atoms with Gasteiger partial charge in [-0.1, -0.05) is 29.6 Å². The fourth-order valence-corrected chi connectivity index (χ4v) is 3.63. The van der Waals surface area contributed by atoms with Crippen molar-refractivity contribution < 1.29 is 0 Å². The van der Waals surface area contributed by atoms with Gasteiger partial charge in [-0.3, -0.25) is 4.90 Å². The molecule has 3 rings (SSSR count). The third-order valence-corrected chi connectivity index (χ3v) is 4.66. The average molecular weight is 286 g/mol. The summed E-state index contributed by atoms with van der Waals surface area (Å²) in [5, 5.41) is 1.25. The second-order valence-electron chi connectivity index (χ2n) is 5.27. The number of piperidine rings is 1. The first kappa shape index (κ1) is 12.5. The lowest BCUT2D eigenvalue weighted by molar-refractivity contribution is 0.0947. The predicted molar refractivity (Wildman–Crippen MR) is 75.7 cm³/mol. The Hall–Kier alpha value is -0.510. The molecule has 0 saturated carbocycles. The summed E-state index contributed by atoms with van der Waals surface area (Å²) >= 11 is 12.2. The zero-order valence-electron chi connectivity index (χ0n) is 10.4. The van der Waals surface area contributed by atoms with E-state index in [4.69, 9.17) is 23.2 Å². The molecule has 2 aliphatic rings. The number of halogens is 2. The van der Waals surface area contributed by atoms with Gasteiger partial charge in [-0.15, -0.1) is 0 Å². The van der Waals surface area contributed by atoms with Crippen molar-refractivity contribution in [3.8, 4) is 0 Å². The van der Waals surface area contributed by atoms with E-state index in [0.29, 0.717) is 22.1 Å². The van der Waals surface area contributed by atoms with E-state index >= 15 is 0 Å². The Morgan fingerprint density at radius 1 is 1.22 bits per heavy atom. The molecule has 2 aliphatic heterocycles. The molecular weight excluding hydrogens is 269 g/mol. The van der Waals surface area contributed by atoms with Gasteiger partial charge in [0.25, 0.3) is 0 Å². The van der Waals surface area contributed by atoms with Crippen LogP contribution in [-0.2, 0) is 0 Å². The van der Waals surface area contributed by atoms with Gasteiger partial charge in [-0.2, -0.15) is 0 Å². The first-order valence-corrected chi connectivity index (χ1v) is 7.18. The molecule has 2 saturated heterocycles. The first-order chi connectivity index (χ1) is 8.65. The van der Waals surface area contributed by atoms with Crippen LogP contribution in [0, 0.1) is 0 Å². The smallest absolute Gasteiger partial charge is 0.147 e. The van der Waals surface area contributed by atoms with Crippen LogP contribution >= 0.6 is 23.2 Å². The van der Waals surface area contributed by atoms with Crippen LogP contribution < -0.4 is 4.90 Å². The third-order valence-electron chi connectivity index (χ3n) is 4.18. The van der Waals surface area contributed by atoms with Gasteiger partial charge in [0.2, 0.25) is 0 Å². The van der Waals surface area contributed by atoms with Crippen LogP contribution in [0.15, 0.2) is 12.3 Å². The summed E-state index contributed by atoms with van der Waals surface area (Å²) in [7, 11) is 2.24. The minimum absolute atomic E-state index is 0.595. The molecule has 2 bridgehead atoms. The molecule has 1 aromatic heterocycles. The fourth-order valence-electron chi connectivity index (χ4n) is 3.13. The minimum atomic E-state index is 0.595. The normalized spacial score (nSPS) is 28.5. The van der Waals surface area contributed by atoms with Crippen molar-refractivity contribution in [1.82, 2.24) is 9.88 Å². The molecule has 3 nitrogen and oxygen atoms in total. The Morgan fingerprint density at radius 2 is 1.89 bits per heavy atom. The van der Waals surface area contributed by atoms with Gasteiger partial charge in [0.15, 0.2) is 0 Å². The van der Waals surface area contributed by atoms with Gasteiger partial charge in [-0.25, -0.2) is 4.98 Å². The Morgan fingerprint density at radius 3 is 2.50 bits per heavy atom. The van der Waals surface area contributed by atoms with Crippen molar-refractivity contribution in [2.45, 2.75) is 31.3 Å². The van der Waals surface area contributed by atoms with Gasteiger partial charge in [0.1, 0.15) is 5.82 Å². The Kier molecular flexibility index (Phi) is 3.39. The van der Waals surface area contributed by atoms with Crippen LogP contribution in [0.5, 0.6) is 0 Å². The highest BCUT2D eigenvalue weighted by Crippen LogP contribution is 2.32. The Labute approximate surface area is 118 Å². The molecule has 0 N–H and O–H groups in total. The highest BCUT2D eigenvalue weighted by atomic mass is 35.5. The number of pyridine rings is 1. The SMILES string of the molecule is CN1C2CCCC1CN(c1ncc(Cl)cc1Cl)C2. The lowest BCUT2D eigenvalue weighted by Crippen LogP contribution is -2.59. The van der Waals surface area contributed by atoms with Crippen molar-refractivity contribution in [3.05, 3.63) is 22.3 Å². The van der Waals surface area contributed by atoms with Crippen molar-refractivity contribution >= 4 is 29.0 Å². The van der Waals surface area contributed by atoms with Crippen LogP contribution in [0.1, 0.15) is 19.3 Å². The summed E-state index contributed by atoms with van der Waals surface area (Å²) in [6.07, 6.45) is 5.57. The standard InChI is InChI=1S/C13H17Cl2N3/c1-17-10-3-2-4-11(17)8-18(7-10)13-12(15)5-9(14)6-16-13/h5-6,10-11H,2-4,7-8H2,1H3. The average Bonchev–Trinajstić information content (AvgIpc) is 2.29. The molecule has 5 heteroatoms. The van der Waals surface area contributed by atoms with E-state index in [2.05, 4.69) is 21.8 Å². The zero-order chi connectivity index (χ0) is 12.7. The summed E-state index contributed by atoms with van der Waals surface area (Å²) in [5.74, 6) is 0.881. The maximum Gasteiger partial charge on any atom is 0.147 e. The topological polar surface area (TPSA) is 19.4 Å². The van der Waals surface area contributed by atoms with Gasteiger partial charge in [-0.05, 0) is 26.0 Å². The summed E-state index contributed by atoms with van der Waals surface area (Å²) < 4.78 is 0. The molecule has 0 aliphatic carbocycles. The molecule has 2 atom stereocenters. The molecule has 3 heterocycles. The molecule has 0 spiro atoms. The zero-order valence-corrected chi connectivity index (χ0v) is 12.0. The van der Waals surface area contributed by atoms with E-state index in [1.165, 1.54) is 19.3 Å². The molecule has 18 heavy (non-hydrogen) atoms. The number of fused-ring (bicyclic) bond motifs is 2. The van der Waals surface area contributed by atoms with Crippen LogP contribution in [0.4, 0.5) is 5.82 Å². The predicted octanol–water partition coefficient (Wildman–Crippen LogP) is 3.06. The summed E-state index contributed by atoms with van der Waals surface area (Å²) in [6.45, 7) is 2.03. The highest BCUT2D eigenvalue weighted by molar-refractivity contribution is 6.36. The second-order valence-corrected chi connectivity index (χ2v) is 6.11. The molecule has 2 fully saturated rings. The van der Waals surface area contributed by atoms with Crippen molar-refractivity contribution in [3.63, 3.8) is 0 Å². The van der Waals surface area contributed by atoms with E-state index in [1.807, 2.05) is 0 Å². The Balaban J connectivity index is 1.85. The molecular formula is C13H17Cl2N3. The lowest BCUT2D eigenvalue weighted by atomic mass is 9.92. The summed E-state index contributed by atoms with van der Waals surface area (Å²) in [6, 6.07) is 3.04. The number of hydrogen-bond donors (Lipinski definition) is 0. The van der Waals surface area contributed by atoms with Crippen molar-refractivity contribution in [2.75, 3.05) is 25.0 Å². The van der Waals surface area contributed by atoms with Gasteiger partial charge in [0.05, 0.1) is 10.0 Å². The molecule has 98 valence electrons. The van der Waals surface area contributed by atoms with Crippen molar-refractivity contribution in [2.24, 2.45) is 0 Å². The van der Waals surface area contributed by atoms with Crippen LogP contribution in [0.2, 0.25) is 10.0 Å². The number of aromatic nitrogens is 1.